The number of nitrogens with one attached hydrogen (secondary N) is 2. The zero-order valence-corrected chi connectivity index (χ0v) is 18.7. The second-order valence-corrected chi connectivity index (χ2v) is 10.3. The summed E-state index contributed by atoms with van der Waals surface area (Å²) >= 11 is 3.37. The van der Waals surface area contributed by atoms with Crippen LogP contribution in [-0.4, -0.2) is 54.5 Å². The average Bonchev–Trinajstić information content (AvgIpc) is 3.08. The molecule has 162 valence electrons. The third-order valence-corrected chi connectivity index (χ3v) is 7.23. The van der Waals surface area contributed by atoms with E-state index < -0.39 is 21.7 Å². The number of hydrogen-bond donors (Lipinski definition) is 3. The Morgan fingerprint density at radius 3 is 2.60 bits per heavy atom. The summed E-state index contributed by atoms with van der Waals surface area (Å²) in [7, 11) is -3.64. The summed E-state index contributed by atoms with van der Waals surface area (Å²) in [6.07, 6.45) is 3.18. The van der Waals surface area contributed by atoms with E-state index in [2.05, 4.69) is 35.9 Å². The number of nitrogens with zero attached hydrogens (tertiary/aromatic N) is 2. The molecule has 1 saturated heterocycles. The minimum atomic E-state index is -3.64. The molecule has 11 heteroatoms. The van der Waals surface area contributed by atoms with Crippen LogP contribution < -0.4 is 14.8 Å². The quantitative estimate of drug-likeness (QED) is 0.531. The van der Waals surface area contributed by atoms with Crippen LogP contribution >= 0.6 is 15.9 Å². The molecule has 9 nitrogen and oxygen atoms in total. The first-order valence-corrected chi connectivity index (χ1v) is 11.9. The summed E-state index contributed by atoms with van der Waals surface area (Å²) < 4.78 is 39.2. The molecular weight excluding hydrogens is 476 g/mol. The molecule has 2 heterocycles. The number of halogens is 1. The van der Waals surface area contributed by atoms with Gasteiger partial charge >= 0.3 is 0 Å². The number of aliphatic hydroxyl groups is 1. The topological polar surface area (TPSA) is 123 Å². The summed E-state index contributed by atoms with van der Waals surface area (Å²) in [5.74, 6) is 0.645. The summed E-state index contributed by atoms with van der Waals surface area (Å²) in [6.45, 7) is 2.52. The molecule has 1 aromatic heterocycles. The fourth-order valence-electron chi connectivity index (χ4n) is 3.38. The number of ether oxygens (including phenoxy) is 2. The Morgan fingerprint density at radius 2 is 2.00 bits per heavy atom. The van der Waals surface area contributed by atoms with E-state index in [0.717, 1.165) is 19.3 Å². The molecule has 0 spiro atoms. The zero-order chi connectivity index (χ0) is 21.4. The van der Waals surface area contributed by atoms with Crippen molar-refractivity contribution in [3.8, 4) is 5.88 Å². The first-order valence-electron chi connectivity index (χ1n) is 9.60. The average molecular weight is 499 g/mol. The van der Waals surface area contributed by atoms with E-state index in [0.29, 0.717) is 35.2 Å². The van der Waals surface area contributed by atoms with Crippen molar-refractivity contribution in [3.63, 3.8) is 0 Å². The van der Waals surface area contributed by atoms with Crippen molar-refractivity contribution in [2.45, 2.75) is 48.8 Å². The van der Waals surface area contributed by atoms with E-state index in [1.54, 1.807) is 25.3 Å². The van der Waals surface area contributed by atoms with Gasteiger partial charge in [-0.25, -0.2) is 18.1 Å². The fourth-order valence-corrected chi connectivity index (χ4v) is 5.04. The molecule has 1 aliphatic carbocycles. The van der Waals surface area contributed by atoms with Crippen LogP contribution in [0.4, 0.5) is 11.6 Å². The number of hydrogen-bond acceptors (Lipinski definition) is 8. The molecule has 1 aromatic carbocycles. The van der Waals surface area contributed by atoms with Crippen LogP contribution in [0.1, 0.15) is 26.2 Å². The predicted molar refractivity (Wildman–Crippen MR) is 113 cm³/mol. The minimum absolute atomic E-state index is 0.164. The monoisotopic (exact) mass is 498 g/mol. The highest BCUT2D eigenvalue weighted by Gasteiger charge is 2.37. The molecule has 3 N–H and O–H groups in total. The van der Waals surface area contributed by atoms with E-state index >= 15 is 0 Å². The normalized spacial score (nSPS) is 23.0. The Labute approximate surface area is 183 Å². The molecule has 2 aliphatic rings. The first kappa shape index (κ1) is 21.4. The van der Waals surface area contributed by atoms with Crippen LogP contribution in [-0.2, 0) is 14.8 Å². The lowest BCUT2D eigenvalue weighted by molar-refractivity contribution is -0.0523. The zero-order valence-electron chi connectivity index (χ0n) is 16.3. The van der Waals surface area contributed by atoms with Gasteiger partial charge in [0.15, 0.2) is 0 Å². The van der Waals surface area contributed by atoms with Crippen LogP contribution in [0.5, 0.6) is 5.88 Å². The Hall–Kier alpha value is -1.79. The van der Waals surface area contributed by atoms with Gasteiger partial charge < -0.3 is 19.9 Å². The summed E-state index contributed by atoms with van der Waals surface area (Å²) in [5, 5.41) is 13.0. The maximum absolute atomic E-state index is 12.5. The van der Waals surface area contributed by atoms with E-state index in [9.17, 15) is 13.5 Å². The molecule has 0 radical (unpaired) electrons. The number of rotatable bonds is 7. The highest BCUT2D eigenvalue weighted by Crippen LogP contribution is 2.29. The van der Waals surface area contributed by atoms with Crippen molar-refractivity contribution in [3.05, 3.63) is 34.9 Å². The number of aliphatic hydroxyl groups excluding tert-OH is 1. The lowest BCUT2D eigenvalue weighted by Gasteiger charge is -2.38. The van der Waals surface area contributed by atoms with Gasteiger partial charge in [-0.1, -0.05) is 0 Å². The number of sulfonamides is 1. The van der Waals surface area contributed by atoms with Crippen LogP contribution in [0, 0.1) is 0 Å². The molecule has 2 fully saturated rings. The van der Waals surface area contributed by atoms with Gasteiger partial charge in [0.2, 0.25) is 21.9 Å². The minimum Gasteiger partial charge on any atom is -0.471 e. The van der Waals surface area contributed by atoms with Crippen molar-refractivity contribution < 1.29 is 23.0 Å². The lowest BCUT2D eigenvalue weighted by Crippen LogP contribution is -2.59. The maximum atomic E-state index is 12.5. The SMILES string of the molecule is CC1(NS(=O)(=O)c2ccc(Nc3ncc(Br)c(O[C@@H]4CCC[C@@H]4O)n3)cc2)COC1. The van der Waals surface area contributed by atoms with Crippen LogP contribution in [0.25, 0.3) is 0 Å². The molecule has 30 heavy (non-hydrogen) atoms. The predicted octanol–water partition coefficient (Wildman–Crippen LogP) is 2.34. The molecule has 0 amide bonds. The van der Waals surface area contributed by atoms with Crippen molar-refractivity contribution in [1.82, 2.24) is 14.7 Å². The third kappa shape index (κ3) is 4.75. The molecule has 0 unspecified atom stereocenters. The fraction of sp³-hybridized carbons (Fsp3) is 0.474. The second kappa shape index (κ2) is 8.39. The standard InChI is InChI=1S/C19H23BrN4O5S/c1-19(10-28-11-19)24-30(26,27)13-7-5-12(6-8-13)22-18-21-9-14(20)17(23-18)29-16-4-2-3-15(16)25/h5-9,15-16,24-25H,2-4,10-11H2,1H3,(H,21,22,23)/t15-,16+/m0/s1. The first-order chi connectivity index (χ1) is 14.2. The van der Waals surface area contributed by atoms with Crippen molar-refractivity contribution in [1.29, 1.82) is 0 Å². The molecule has 1 aliphatic heterocycles. The Morgan fingerprint density at radius 1 is 1.27 bits per heavy atom. The second-order valence-electron chi connectivity index (χ2n) is 7.81. The summed E-state index contributed by atoms with van der Waals surface area (Å²) in [6, 6.07) is 6.30. The Kier molecular flexibility index (Phi) is 5.99. The van der Waals surface area contributed by atoms with Crippen molar-refractivity contribution in [2.24, 2.45) is 0 Å². The smallest absolute Gasteiger partial charge is 0.241 e. The molecule has 2 aromatic rings. The summed E-state index contributed by atoms with van der Waals surface area (Å²) in [4.78, 5) is 8.73. The largest absolute Gasteiger partial charge is 0.471 e. The van der Waals surface area contributed by atoms with Crippen molar-refractivity contribution >= 4 is 37.6 Å². The van der Waals surface area contributed by atoms with Crippen LogP contribution in [0.2, 0.25) is 0 Å². The van der Waals surface area contributed by atoms with E-state index in [1.807, 2.05) is 0 Å². The van der Waals surface area contributed by atoms with E-state index in [1.165, 1.54) is 12.1 Å². The number of aromatic nitrogens is 2. The van der Waals surface area contributed by atoms with Gasteiger partial charge in [0, 0.05) is 5.69 Å². The van der Waals surface area contributed by atoms with Gasteiger partial charge in [0.05, 0.1) is 40.4 Å². The van der Waals surface area contributed by atoms with Gasteiger partial charge in [0.1, 0.15) is 6.10 Å². The molecule has 0 bridgehead atoms. The maximum Gasteiger partial charge on any atom is 0.241 e. The lowest BCUT2D eigenvalue weighted by atomic mass is 10.0. The molecular formula is C19H23BrN4O5S. The van der Waals surface area contributed by atoms with Crippen LogP contribution in [0.3, 0.4) is 0 Å². The van der Waals surface area contributed by atoms with Gasteiger partial charge in [0.25, 0.3) is 0 Å². The molecule has 4 rings (SSSR count). The van der Waals surface area contributed by atoms with Gasteiger partial charge in [-0.3, -0.25) is 0 Å². The molecule has 1 saturated carbocycles. The number of anilines is 2. The highest BCUT2D eigenvalue weighted by molar-refractivity contribution is 9.10. The third-order valence-electron chi connectivity index (χ3n) is 5.04. The summed E-state index contributed by atoms with van der Waals surface area (Å²) in [5.41, 5.74) is 0.0611. The van der Waals surface area contributed by atoms with Gasteiger partial charge in [-0.05, 0) is 66.4 Å². The highest BCUT2D eigenvalue weighted by atomic mass is 79.9. The van der Waals surface area contributed by atoms with Crippen LogP contribution in [0.15, 0.2) is 39.8 Å². The van der Waals surface area contributed by atoms with E-state index in [-0.39, 0.29) is 11.0 Å². The Balaban J connectivity index is 1.45. The number of benzene rings is 1. The van der Waals surface area contributed by atoms with Gasteiger partial charge in [-0.15, -0.1) is 0 Å². The van der Waals surface area contributed by atoms with Gasteiger partial charge in [-0.2, -0.15) is 4.98 Å². The van der Waals surface area contributed by atoms with E-state index in [4.69, 9.17) is 9.47 Å². The molecule has 2 atom stereocenters. The Bertz CT molecular complexity index is 1010. The van der Waals surface area contributed by atoms with Crippen molar-refractivity contribution in [2.75, 3.05) is 18.5 Å².